The first kappa shape index (κ1) is 16.0. The minimum absolute atomic E-state index is 0.0200. The fraction of sp³-hybridized carbons (Fsp3) is 0.294. The molecule has 0 bridgehead atoms. The molecule has 0 spiro atoms. The lowest BCUT2D eigenvalue weighted by Gasteiger charge is -2.31. The molecule has 0 aromatic carbocycles. The Bertz CT molecular complexity index is 670. The number of piperidine rings is 1. The molecule has 0 atom stereocenters. The normalized spacial score (nSPS) is 15.9. The topological polar surface area (TPSA) is 49.4 Å². The van der Waals surface area contributed by atoms with Gasteiger partial charge in [0.15, 0.2) is 0 Å². The average molecular weight is 346 g/mol. The zero-order chi connectivity index (χ0) is 16.1. The largest absolute Gasteiger partial charge is 0.349 e. The summed E-state index contributed by atoms with van der Waals surface area (Å²) in [4.78, 5) is 26.0. The van der Waals surface area contributed by atoms with Gasteiger partial charge in [-0.05, 0) is 52.8 Å². The van der Waals surface area contributed by atoms with Crippen LogP contribution in [0.4, 0.5) is 0 Å². The fourth-order valence-electron chi connectivity index (χ4n) is 2.55. The summed E-state index contributed by atoms with van der Waals surface area (Å²) in [7, 11) is 0. The Hall–Kier alpha value is -1.92. The van der Waals surface area contributed by atoms with E-state index in [0.717, 1.165) is 18.4 Å². The molecule has 1 saturated heterocycles. The zero-order valence-electron chi connectivity index (χ0n) is 12.6. The highest BCUT2D eigenvalue weighted by Crippen LogP contribution is 2.14. The summed E-state index contributed by atoms with van der Waals surface area (Å²) in [5.74, 6) is 0.0205. The van der Waals surface area contributed by atoms with Gasteiger partial charge in [0.1, 0.15) is 0 Å². The monoisotopic (exact) mass is 346 g/mol. The highest BCUT2D eigenvalue weighted by Gasteiger charge is 2.23. The van der Waals surface area contributed by atoms with Crippen molar-refractivity contribution in [3.05, 3.63) is 50.9 Å². The van der Waals surface area contributed by atoms with Gasteiger partial charge >= 0.3 is 0 Å². The van der Waals surface area contributed by atoms with Gasteiger partial charge in [0, 0.05) is 36.2 Å². The van der Waals surface area contributed by atoms with Crippen molar-refractivity contribution in [2.24, 2.45) is 0 Å². The van der Waals surface area contributed by atoms with Crippen molar-refractivity contribution in [2.45, 2.75) is 18.9 Å². The highest BCUT2D eigenvalue weighted by molar-refractivity contribution is 7.08. The van der Waals surface area contributed by atoms with Crippen LogP contribution in [0.25, 0.3) is 6.08 Å². The van der Waals surface area contributed by atoms with E-state index in [4.69, 9.17) is 0 Å². The van der Waals surface area contributed by atoms with Crippen LogP contribution in [0.3, 0.4) is 0 Å². The second kappa shape index (κ2) is 7.57. The molecule has 3 heterocycles. The minimum Gasteiger partial charge on any atom is -0.349 e. The lowest BCUT2D eigenvalue weighted by Crippen LogP contribution is -2.46. The van der Waals surface area contributed by atoms with Crippen molar-refractivity contribution in [3.8, 4) is 0 Å². The maximum atomic E-state index is 12.2. The molecule has 1 aliphatic heterocycles. The maximum absolute atomic E-state index is 12.2. The average Bonchev–Trinajstić information content (AvgIpc) is 3.26. The van der Waals surface area contributed by atoms with Crippen LogP contribution in [0.5, 0.6) is 0 Å². The van der Waals surface area contributed by atoms with E-state index in [1.54, 1.807) is 17.4 Å². The molecule has 4 nitrogen and oxygen atoms in total. The van der Waals surface area contributed by atoms with Gasteiger partial charge in [0.25, 0.3) is 5.91 Å². The zero-order valence-corrected chi connectivity index (χ0v) is 14.2. The number of carbonyl (C=O) groups excluding carboxylic acids is 2. The Kier molecular flexibility index (Phi) is 5.25. The molecule has 2 aromatic heterocycles. The Balaban J connectivity index is 1.46. The van der Waals surface area contributed by atoms with Gasteiger partial charge in [-0.3, -0.25) is 9.59 Å². The number of carbonyl (C=O) groups is 2. The molecule has 120 valence electrons. The van der Waals surface area contributed by atoms with Crippen molar-refractivity contribution in [1.29, 1.82) is 0 Å². The lowest BCUT2D eigenvalue weighted by molar-refractivity contribution is -0.126. The van der Waals surface area contributed by atoms with E-state index in [9.17, 15) is 9.59 Å². The first-order chi connectivity index (χ1) is 11.2. The van der Waals surface area contributed by atoms with Crippen molar-refractivity contribution in [3.63, 3.8) is 0 Å². The van der Waals surface area contributed by atoms with Gasteiger partial charge in [-0.15, -0.1) is 0 Å². The number of rotatable bonds is 4. The summed E-state index contributed by atoms with van der Waals surface area (Å²) in [6.07, 6.45) is 5.08. The molecule has 0 aliphatic carbocycles. The van der Waals surface area contributed by atoms with Crippen LogP contribution in [0.15, 0.2) is 39.7 Å². The fourth-order valence-corrected chi connectivity index (χ4v) is 3.81. The van der Waals surface area contributed by atoms with Crippen LogP contribution >= 0.6 is 22.7 Å². The number of amides is 2. The lowest BCUT2D eigenvalue weighted by atomic mass is 10.0. The van der Waals surface area contributed by atoms with Crippen molar-refractivity contribution in [1.82, 2.24) is 10.2 Å². The molecule has 0 radical (unpaired) electrons. The summed E-state index contributed by atoms with van der Waals surface area (Å²) >= 11 is 3.13. The summed E-state index contributed by atoms with van der Waals surface area (Å²) < 4.78 is 0. The number of nitrogens with zero attached hydrogens (tertiary/aromatic N) is 1. The van der Waals surface area contributed by atoms with Crippen LogP contribution in [0, 0.1) is 0 Å². The molecule has 0 unspecified atom stereocenters. The summed E-state index contributed by atoms with van der Waals surface area (Å²) in [6, 6.07) is 3.96. The molecular weight excluding hydrogens is 328 g/mol. The number of hydrogen-bond acceptors (Lipinski definition) is 4. The molecular formula is C17H18N2O2S2. The number of nitrogens with one attached hydrogen (secondary N) is 1. The molecule has 1 N–H and O–H groups in total. The molecule has 6 heteroatoms. The Morgan fingerprint density at radius 1 is 1.13 bits per heavy atom. The van der Waals surface area contributed by atoms with E-state index in [0.29, 0.717) is 18.7 Å². The van der Waals surface area contributed by atoms with Gasteiger partial charge < -0.3 is 10.2 Å². The van der Waals surface area contributed by atoms with E-state index in [-0.39, 0.29) is 17.9 Å². The molecule has 3 rings (SSSR count). The third-order valence-corrected chi connectivity index (χ3v) is 5.27. The van der Waals surface area contributed by atoms with Crippen LogP contribution in [0.1, 0.15) is 28.8 Å². The van der Waals surface area contributed by atoms with Crippen LogP contribution in [-0.4, -0.2) is 35.8 Å². The second-order valence-electron chi connectivity index (χ2n) is 5.48. The smallest absolute Gasteiger partial charge is 0.252 e. The van der Waals surface area contributed by atoms with E-state index in [1.165, 1.54) is 11.3 Å². The van der Waals surface area contributed by atoms with Crippen LogP contribution < -0.4 is 5.32 Å². The van der Waals surface area contributed by atoms with Crippen molar-refractivity contribution >= 4 is 40.6 Å². The predicted molar refractivity (Wildman–Crippen MR) is 94.7 cm³/mol. The quantitative estimate of drug-likeness (QED) is 0.864. The molecule has 0 saturated carbocycles. The van der Waals surface area contributed by atoms with Crippen molar-refractivity contribution < 1.29 is 9.59 Å². The van der Waals surface area contributed by atoms with Gasteiger partial charge in [0.2, 0.25) is 5.91 Å². The van der Waals surface area contributed by atoms with Gasteiger partial charge in [-0.1, -0.05) is 0 Å². The third-order valence-electron chi connectivity index (χ3n) is 3.89. The van der Waals surface area contributed by atoms with Gasteiger partial charge in [-0.25, -0.2) is 0 Å². The van der Waals surface area contributed by atoms with Crippen LogP contribution in [-0.2, 0) is 4.79 Å². The highest BCUT2D eigenvalue weighted by atomic mass is 32.1. The maximum Gasteiger partial charge on any atom is 0.252 e. The number of thiophene rings is 2. The summed E-state index contributed by atoms with van der Waals surface area (Å²) in [5, 5.41) is 10.8. The van der Waals surface area contributed by atoms with E-state index < -0.39 is 0 Å². The van der Waals surface area contributed by atoms with E-state index >= 15 is 0 Å². The van der Waals surface area contributed by atoms with Crippen LogP contribution in [0.2, 0.25) is 0 Å². The minimum atomic E-state index is -0.0200. The first-order valence-corrected chi connectivity index (χ1v) is 9.43. The number of hydrogen-bond donors (Lipinski definition) is 1. The van der Waals surface area contributed by atoms with Gasteiger partial charge in [-0.2, -0.15) is 22.7 Å². The predicted octanol–water partition coefficient (Wildman–Crippen LogP) is 3.24. The summed E-state index contributed by atoms with van der Waals surface area (Å²) in [5.41, 5.74) is 1.77. The second-order valence-corrected chi connectivity index (χ2v) is 7.04. The molecule has 1 aliphatic rings. The SMILES string of the molecule is O=C(NC1CCN(C(=O)C=Cc2ccsc2)CC1)c1ccsc1. The Morgan fingerprint density at radius 3 is 2.52 bits per heavy atom. The van der Waals surface area contributed by atoms with E-state index in [2.05, 4.69) is 5.32 Å². The molecule has 2 aromatic rings. The first-order valence-electron chi connectivity index (χ1n) is 7.54. The van der Waals surface area contributed by atoms with Crippen molar-refractivity contribution in [2.75, 3.05) is 13.1 Å². The summed E-state index contributed by atoms with van der Waals surface area (Å²) in [6.45, 7) is 1.36. The van der Waals surface area contributed by atoms with E-state index in [1.807, 2.05) is 44.6 Å². The molecule has 23 heavy (non-hydrogen) atoms. The third kappa shape index (κ3) is 4.30. The number of likely N-dealkylation sites (tertiary alicyclic amines) is 1. The van der Waals surface area contributed by atoms with Gasteiger partial charge in [0.05, 0.1) is 0 Å². The Morgan fingerprint density at radius 2 is 1.87 bits per heavy atom. The standard InChI is InChI=1S/C17H18N2O2S2/c20-16(2-1-13-5-9-22-11-13)19-7-3-15(4-8-19)18-17(21)14-6-10-23-12-14/h1-2,5-6,9-12,15H,3-4,7-8H2,(H,18,21). The molecule has 1 fully saturated rings. The Labute approximate surface area is 143 Å². The molecule has 2 amide bonds.